The van der Waals surface area contributed by atoms with Gasteiger partial charge < -0.3 is 5.73 Å². The zero-order valence-corrected chi connectivity index (χ0v) is 5.93. The third-order valence-electron chi connectivity index (χ3n) is 1.18. The molecule has 3 N–H and O–H groups in total. The van der Waals surface area contributed by atoms with Crippen molar-refractivity contribution in [2.75, 3.05) is 6.54 Å². The molecule has 0 unspecified atom stereocenters. The van der Waals surface area contributed by atoms with E-state index in [1.165, 1.54) is 0 Å². The Morgan fingerprint density at radius 2 is 2.27 bits per heavy atom. The van der Waals surface area contributed by atoms with E-state index in [4.69, 9.17) is 5.73 Å². The molecule has 11 heavy (non-hydrogen) atoms. The summed E-state index contributed by atoms with van der Waals surface area (Å²) >= 11 is 0. The number of H-pyrrole nitrogens is 1. The summed E-state index contributed by atoms with van der Waals surface area (Å²) in [5.41, 5.74) is 4.80. The van der Waals surface area contributed by atoms with Crippen LogP contribution in [0.15, 0.2) is 0 Å². The lowest BCUT2D eigenvalue weighted by Crippen LogP contribution is -2.26. The van der Waals surface area contributed by atoms with E-state index in [0.29, 0.717) is 5.82 Å². The third kappa shape index (κ3) is 1.51. The maximum Gasteiger partial charge on any atom is 0.320 e. The molecule has 0 aliphatic rings. The van der Waals surface area contributed by atoms with Crippen molar-refractivity contribution >= 4 is 0 Å². The van der Waals surface area contributed by atoms with Crippen LogP contribution in [0.5, 0.6) is 0 Å². The number of nitrogens with one attached hydrogen (secondary N) is 1. The second kappa shape index (κ2) is 2.54. The number of aryl methyl sites for hydroxylation is 1. The predicted octanol–water partition coefficient (Wildman–Crippen LogP) is 0.164. The zero-order valence-electron chi connectivity index (χ0n) is 5.93. The molecule has 1 aromatic heterocycles. The molecular weight excluding hydrogens is 154 g/mol. The highest BCUT2D eigenvalue weighted by Gasteiger charge is 2.34. The van der Waals surface area contributed by atoms with Gasteiger partial charge in [-0.15, -0.1) is 0 Å². The number of nitrogens with zero attached hydrogens (tertiary/aromatic N) is 2. The molecule has 0 aliphatic carbocycles. The number of aromatic amines is 1. The van der Waals surface area contributed by atoms with E-state index in [2.05, 4.69) is 15.2 Å². The standard InChI is InChI=1S/C5H8F2N4/c1-3-9-4(11-10-3)5(6,7)2-8/h2,8H2,1H3,(H,9,10,11). The van der Waals surface area contributed by atoms with Gasteiger partial charge in [0.2, 0.25) is 5.82 Å². The number of nitrogens with two attached hydrogens (primary N) is 1. The summed E-state index contributed by atoms with van der Waals surface area (Å²) in [6, 6.07) is 0. The minimum Gasteiger partial charge on any atom is -0.325 e. The van der Waals surface area contributed by atoms with Gasteiger partial charge in [0.25, 0.3) is 0 Å². The van der Waals surface area contributed by atoms with E-state index >= 15 is 0 Å². The first kappa shape index (κ1) is 8.06. The van der Waals surface area contributed by atoms with Crippen molar-refractivity contribution in [3.63, 3.8) is 0 Å². The Hall–Kier alpha value is -1.04. The number of hydrogen-bond acceptors (Lipinski definition) is 3. The fourth-order valence-corrected chi connectivity index (χ4v) is 0.598. The van der Waals surface area contributed by atoms with E-state index in [1.807, 2.05) is 0 Å². The number of aromatic nitrogens is 3. The lowest BCUT2D eigenvalue weighted by atomic mass is 10.3. The van der Waals surface area contributed by atoms with Gasteiger partial charge in [0, 0.05) is 0 Å². The molecule has 1 rings (SSSR count). The second-order valence-electron chi connectivity index (χ2n) is 2.15. The molecule has 6 heteroatoms. The molecule has 0 saturated heterocycles. The lowest BCUT2D eigenvalue weighted by molar-refractivity contribution is -0.00319. The van der Waals surface area contributed by atoms with Crippen molar-refractivity contribution in [2.45, 2.75) is 12.8 Å². The first-order valence-electron chi connectivity index (χ1n) is 3.03. The van der Waals surface area contributed by atoms with Gasteiger partial charge in [0.1, 0.15) is 5.82 Å². The Bertz CT molecular complexity index is 244. The molecule has 1 heterocycles. The molecule has 0 atom stereocenters. The Labute approximate surface area is 61.8 Å². The molecule has 0 aromatic carbocycles. The van der Waals surface area contributed by atoms with Crippen LogP contribution >= 0.6 is 0 Å². The van der Waals surface area contributed by atoms with Crippen molar-refractivity contribution in [2.24, 2.45) is 5.73 Å². The second-order valence-corrected chi connectivity index (χ2v) is 2.15. The molecule has 4 nitrogen and oxygen atoms in total. The topological polar surface area (TPSA) is 67.6 Å². The lowest BCUT2D eigenvalue weighted by Gasteiger charge is -2.07. The van der Waals surface area contributed by atoms with Crippen molar-refractivity contribution in [1.82, 2.24) is 15.2 Å². The van der Waals surface area contributed by atoms with Crippen LogP contribution in [0.1, 0.15) is 11.6 Å². The summed E-state index contributed by atoms with van der Waals surface area (Å²) in [4.78, 5) is 3.46. The van der Waals surface area contributed by atoms with Crippen molar-refractivity contribution in [1.29, 1.82) is 0 Å². The van der Waals surface area contributed by atoms with Crippen LogP contribution in [0.4, 0.5) is 8.78 Å². The molecule has 0 radical (unpaired) electrons. The van der Waals surface area contributed by atoms with E-state index in [0.717, 1.165) is 0 Å². The molecule has 0 bridgehead atoms. The van der Waals surface area contributed by atoms with E-state index in [1.54, 1.807) is 6.92 Å². The first-order chi connectivity index (χ1) is 5.06. The summed E-state index contributed by atoms with van der Waals surface area (Å²) in [6.45, 7) is 0.771. The van der Waals surface area contributed by atoms with Crippen molar-refractivity contribution in [3.8, 4) is 0 Å². The average Bonchev–Trinajstić information content (AvgIpc) is 2.36. The Morgan fingerprint density at radius 1 is 1.64 bits per heavy atom. The quantitative estimate of drug-likeness (QED) is 0.651. The molecule has 0 saturated carbocycles. The molecule has 0 amide bonds. The van der Waals surface area contributed by atoms with Gasteiger partial charge in [-0.25, -0.2) is 4.98 Å². The van der Waals surface area contributed by atoms with Crippen LogP contribution in [0.2, 0.25) is 0 Å². The smallest absolute Gasteiger partial charge is 0.320 e. The summed E-state index contributed by atoms with van der Waals surface area (Å²) in [7, 11) is 0. The normalized spacial score (nSPS) is 12.0. The fourth-order valence-electron chi connectivity index (χ4n) is 0.598. The summed E-state index contributed by atoms with van der Waals surface area (Å²) < 4.78 is 25.3. The van der Waals surface area contributed by atoms with Crippen molar-refractivity contribution in [3.05, 3.63) is 11.6 Å². The average molecular weight is 162 g/mol. The van der Waals surface area contributed by atoms with Gasteiger partial charge in [-0.05, 0) is 6.92 Å². The van der Waals surface area contributed by atoms with Gasteiger partial charge in [0.05, 0.1) is 6.54 Å². The molecule has 0 aliphatic heterocycles. The monoisotopic (exact) mass is 162 g/mol. The van der Waals surface area contributed by atoms with Gasteiger partial charge in [-0.1, -0.05) is 0 Å². The largest absolute Gasteiger partial charge is 0.325 e. The predicted molar refractivity (Wildman–Crippen MR) is 34.1 cm³/mol. The molecule has 0 fully saturated rings. The zero-order chi connectivity index (χ0) is 8.48. The Kier molecular flexibility index (Phi) is 1.86. The maximum atomic E-state index is 12.6. The summed E-state index contributed by atoms with van der Waals surface area (Å²) in [6.07, 6.45) is 0. The van der Waals surface area contributed by atoms with E-state index < -0.39 is 18.3 Å². The maximum absolute atomic E-state index is 12.6. The number of alkyl halides is 2. The minimum absolute atomic E-state index is 0.355. The van der Waals surface area contributed by atoms with Gasteiger partial charge in [-0.2, -0.15) is 13.9 Å². The van der Waals surface area contributed by atoms with Crippen LogP contribution in [-0.4, -0.2) is 21.7 Å². The summed E-state index contributed by atoms with van der Waals surface area (Å²) in [5, 5.41) is 5.60. The number of hydrogen-bond donors (Lipinski definition) is 2. The first-order valence-corrected chi connectivity index (χ1v) is 3.03. The molecule has 62 valence electrons. The van der Waals surface area contributed by atoms with Crippen LogP contribution < -0.4 is 5.73 Å². The highest BCUT2D eigenvalue weighted by molar-refractivity contribution is 4.97. The summed E-state index contributed by atoms with van der Waals surface area (Å²) in [5.74, 6) is -3.31. The van der Waals surface area contributed by atoms with Gasteiger partial charge >= 0.3 is 5.92 Å². The molecule has 1 aromatic rings. The highest BCUT2D eigenvalue weighted by Crippen LogP contribution is 2.22. The third-order valence-corrected chi connectivity index (χ3v) is 1.18. The Balaban J connectivity index is 2.92. The van der Waals surface area contributed by atoms with Crippen molar-refractivity contribution < 1.29 is 8.78 Å². The van der Waals surface area contributed by atoms with Crippen LogP contribution in [0, 0.1) is 6.92 Å². The van der Waals surface area contributed by atoms with Gasteiger partial charge in [0.15, 0.2) is 0 Å². The van der Waals surface area contributed by atoms with Gasteiger partial charge in [-0.3, -0.25) is 5.10 Å². The SMILES string of the molecule is Cc1nc(C(F)(F)CN)n[nH]1. The Morgan fingerprint density at radius 3 is 2.64 bits per heavy atom. The number of halogens is 2. The number of rotatable bonds is 2. The highest BCUT2D eigenvalue weighted by atomic mass is 19.3. The van der Waals surface area contributed by atoms with E-state index in [-0.39, 0.29) is 0 Å². The van der Waals surface area contributed by atoms with Crippen LogP contribution in [0.3, 0.4) is 0 Å². The van der Waals surface area contributed by atoms with Crippen LogP contribution in [0.25, 0.3) is 0 Å². The van der Waals surface area contributed by atoms with E-state index in [9.17, 15) is 8.78 Å². The molecular formula is C5H8F2N4. The fraction of sp³-hybridized carbons (Fsp3) is 0.600. The molecule has 0 spiro atoms. The van der Waals surface area contributed by atoms with Crippen LogP contribution in [-0.2, 0) is 5.92 Å². The minimum atomic E-state index is -3.12.